The monoisotopic (exact) mass is 299 g/mol. The van der Waals surface area contributed by atoms with Crippen LogP contribution in [0, 0.1) is 5.82 Å². The number of ether oxygens (including phenoxy) is 1. The molecule has 0 radical (unpaired) electrons. The van der Waals surface area contributed by atoms with E-state index in [9.17, 15) is 39.5 Å². The molecule has 0 aliphatic heterocycles. The van der Waals surface area contributed by atoms with Crippen molar-refractivity contribution in [1.82, 2.24) is 4.98 Å². The van der Waals surface area contributed by atoms with Gasteiger partial charge in [0.05, 0.1) is 5.56 Å². The molecule has 1 aromatic rings. The average Bonchev–Trinajstić information content (AvgIpc) is 2.11. The van der Waals surface area contributed by atoms with Gasteiger partial charge < -0.3 is 4.74 Å². The second-order valence-corrected chi connectivity index (χ2v) is 3.05. The second kappa shape index (κ2) is 4.78. The number of nitrogens with zero attached hydrogens (tertiary/aromatic N) is 1. The fraction of sp³-hybridized carbons (Fsp3) is 0.375. The Hall–Kier alpha value is -1.68. The molecule has 0 saturated heterocycles. The van der Waals surface area contributed by atoms with Gasteiger partial charge >= 0.3 is 12.5 Å². The first kappa shape index (κ1) is 15.4. The van der Waals surface area contributed by atoms with Crippen LogP contribution < -0.4 is 4.74 Å². The second-order valence-electron chi connectivity index (χ2n) is 3.05. The highest BCUT2D eigenvalue weighted by molar-refractivity contribution is 5.30. The number of hydrogen-bond acceptors (Lipinski definition) is 2. The van der Waals surface area contributed by atoms with Crippen molar-refractivity contribution in [2.45, 2.75) is 19.0 Å². The molecule has 0 aromatic carbocycles. The maximum absolute atomic E-state index is 13.0. The van der Waals surface area contributed by atoms with Crippen LogP contribution in [0.25, 0.3) is 0 Å². The Bertz CT molecular complexity index is 465. The van der Waals surface area contributed by atoms with Gasteiger partial charge in [-0.1, -0.05) is 0 Å². The number of pyridine rings is 1. The minimum atomic E-state index is -5.56. The molecule has 0 unspecified atom stereocenters. The zero-order valence-electron chi connectivity index (χ0n) is 8.41. The van der Waals surface area contributed by atoms with E-state index in [1.54, 1.807) is 0 Å². The highest BCUT2D eigenvalue weighted by Crippen LogP contribution is 2.38. The summed E-state index contributed by atoms with van der Waals surface area (Å²) in [5.41, 5.74) is -4.61. The molecule has 1 aromatic heterocycles. The van der Waals surface area contributed by atoms with E-state index in [1.807, 2.05) is 0 Å². The Morgan fingerprint density at radius 1 is 1.05 bits per heavy atom. The maximum Gasteiger partial charge on any atom is 0.574 e. The molecule has 0 bridgehead atoms. The van der Waals surface area contributed by atoms with E-state index in [2.05, 4.69) is 9.72 Å². The summed E-state index contributed by atoms with van der Waals surface area (Å²) in [7, 11) is 0. The Balaban J connectivity index is 3.40. The molecule has 0 aliphatic rings. The first-order valence-corrected chi connectivity index (χ1v) is 4.23. The lowest BCUT2D eigenvalue weighted by atomic mass is 10.2. The van der Waals surface area contributed by atoms with E-state index < -0.39 is 41.9 Å². The molecule has 1 heterocycles. The van der Waals surface area contributed by atoms with Gasteiger partial charge in [0, 0.05) is 6.07 Å². The molecule has 0 saturated carbocycles. The summed E-state index contributed by atoms with van der Waals surface area (Å²) in [4.78, 5) is 2.22. The molecule has 0 N–H and O–H groups in total. The standard InChI is InChI=1S/C8H2F9NO/c9-2-1-3(19-8(15,16)17)18-5(7(12,13)14)4(2)6(10)11/h1,6H. The van der Waals surface area contributed by atoms with Crippen LogP contribution in [0.2, 0.25) is 0 Å². The van der Waals surface area contributed by atoms with Crippen LogP contribution in [0.5, 0.6) is 5.88 Å². The molecule has 19 heavy (non-hydrogen) atoms. The third-order valence-corrected chi connectivity index (χ3v) is 1.69. The zero-order valence-corrected chi connectivity index (χ0v) is 8.41. The number of hydrogen-bond donors (Lipinski definition) is 0. The van der Waals surface area contributed by atoms with E-state index in [0.717, 1.165) is 0 Å². The van der Waals surface area contributed by atoms with Crippen molar-refractivity contribution >= 4 is 0 Å². The Morgan fingerprint density at radius 2 is 1.58 bits per heavy atom. The van der Waals surface area contributed by atoms with Crippen LogP contribution in [0.15, 0.2) is 6.07 Å². The van der Waals surface area contributed by atoms with Crippen LogP contribution in [0.4, 0.5) is 39.5 Å². The summed E-state index contributed by atoms with van der Waals surface area (Å²) < 4.78 is 113. The van der Waals surface area contributed by atoms with E-state index in [-0.39, 0.29) is 6.07 Å². The largest absolute Gasteiger partial charge is 0.574 e. The predicted molar refractivity (Wildman–Crippen MR) is 40.8 cm³/mol. The van der Waals surface area contributed by atoms with Crippen LogP contribution in [0.3, 0.4) is 0 Å². The third-order valence-electron chi connectivity index (χ3n) is 1.69. The molecule has 0 aliphatic carbocycles. The normalized spacial score (nSPS) is 12.9. The SMILES string of the molecule is Fc1cc(OC(F)(F)F)nc(C(F)(F)F)c1C(F)F. The van der Waals surface area contributed by atoms with Gasteiger partial charge in [-0.3, -0.25) is 0 Å². The molecule has 2 nitrogen and oxygen atoms in total. The van der Waals surface area contributed by atoms with Gasteiger partial charge in [0.25, 0.3) is 6.43 Å². The molecule has 0 amide bonds. The molecular formula is C8H2F9NO. The first-order valence-electron chi connectivity index (χ1n) is 4.23. The van der Waals surface area contributed by atoms with Crippen LogP contribution >= 0.6 is 0 Å². The van der Waals surface area contributed by atoms with Gasteiger partial charge in [0.2, 0.25) is 5.88 Å². The van der Waals surface area contributed by atoms with Crippen LogP contribution in [-0.2, 0) is 6.18 Å². The minimum absolute atomic E-state index is 0.301. The highest BCUT2D eigenvalue weighted by Gasteiger charge is 2.41. The summed E-state index contributed by atoms with van der Waals surface area (Å²) in [6.07, 6.45) is -14.9. The number of halogens is 9. The van der Waals surface area contributed by atoms with Crippen molar-refractivity contribution in [3.63, 3.8) is 0 Å². The lowest BCUT2D eigenvalue weighted by molar-refractivity contribution is -0.276. The van der Waals surface area contributed by atoms with Crippen LogP contribution in [0.1, 0.15) is 17.7 Å². The molecule has 0 spiro atoms. The lowest BCUT2D eigenvalue weighted by Crippen LogP contribution is -2.21. The molecule has 0 fully saturated rings. The smallest absolute Gasteiger partial charge is 0.388 e. The highest BCUT2D eigenvalue weighted by atomic mass is 19.4. The van der Waals surface area contributed by atoms with Crippen molar-refractivity contribution in [1.29, 1.82) is 0 Å². The van der Waals surface area contributed by atoms with Gasteiger partial charge in [-0.2, -0.15) is 13.2 Å². The van der Waals surface area contributed by atoms with Crippen molar-refractivity contribution in [2.24, 2.45) is 0 Å². The predicted octanol–water partition coefficient (Wildman–Crippen LogP) is 4.08. The topological polar surface area (TPSA) is 22.1 Å². The zero-order chi connectivity index (χ0) is 15.0. The molecule has 1 rings (SSSR count). The maximum atomic E-state index is 13.0. The summed E-state index contributed by atoms with van der Waals surface area (Å²) >= 11 is 0. The van der Waals surface area contributed by atoms with E-state index >= 15 is 0 Å². The van der Waals surface area contributed by atoms with Gasteiger partial charge in [-0.05, 0) is 0 Å². The van der Waals surface area contributed by atoms with Crippen LogP contribution in [-0.4, -0.2) is 11.3 Å². The lowest BCUT2D eigenvalue weighted by Gasteiger charge is -2.15. The summed E-state index contributed by atoms with van der Waals surface area (Å²) in [5, 5.41) is 0. The quantitative estimate of drug-likeness (QED) is 0.768. The minimum Gasteiger partial charge on any atom is -0.388 e. The van der Waals surface area contributed by atoms with E-state index in [1.165, 1.54) is 0 Å². The summed E-state index contributed by atoms with van der Waals surface area (Å²) in [5.74, 6) is -4.02. The summed E-state index contributed by atoms with van der Waals surface area (Å²) in [6.45, 7) is 0. The number of alkyl halides is 8. The fourth-order valence-electron chi connectivity index (χ4n) is 1.10. The Kier molecular flexibility index (Phi) is 3.87. The number of aromatic nitrogens is 1. The van der Waals surface area contributed by atoms with Crippen molar-refractivity contribution in [2.75, 3.05) is 0 Å². The summed E-state index contributed by atoms with van der Waals surface area (Å²) in [6, 6.07) is -0.301. The molecule has 108 valence electrons. The molecular weight excluding hydrogens is 297 g/mol. The Morgan fingerprint density at radius 3 is 1.95 bits per heavy atom. The van der Waals surface area contributed by atoms with Gasteiger partial charge in [-0.25, -0.2) is 18.2 Å². The van der Waals surface area contributed by atoms with Gasteiger partial charge in [0.15, 0.2) is 5.69 Å². The van der Waals surface area contributed by atoms with Gasteiger partial charge in [-0.15, -0.1) is 13.2 Å². The average molecular weight is 299 g/mol. The van der Waals surface area contributed by atoms with E-state index in [4.69, 9.17) is 0 Å². The van der Waals surface area contributed by atoms with Gasteiger partial charge in [0.1, 0.15) is 5.82 Å². The number of rotatable bonds is 2. The Labute approximate surface area is 98.3 Å². The molecule has 11 heteroatoms. The van der Waals surface area contributed by atoms with Crippen molar-refractivity contribution < 1.29 is 44.3 Å². The van der Waals surface area contributed by atoms with E-state index in [0.29, 0.717) is 0 Å². The van der Waals surface area contributed by atoms with Crippen molar-refractivity contribution in [3.8, 4) is 5.88 Å². The fourth-order valence-corrected chi connectivity index (χ4v) is 1.10. The molecule has 0 atom stereocenters. The first-order chi connectivity index (χ1) is 8.42. The third kappa shape index (κ3) is 3.89. The van der Waals surface area contributed by atoms with Crippen molar-refractivity contribution in [3.05, 3.63) is 23.1 Å².